The smallest absolute Gasteiger partial charge is 0.227 e. The lowest BCUT2D eigenvalue weighted by atomic mass is 9.68. The van der Waals surface area contributed by atoms with Gasteiger partial charge < -0.3 is 18.9 Å². The molecule has 4 atom stereocenters. The van der Waals surface area contributed by atoms with Crippen LogP contribution >= 0.6 is 0 Å². The van der Waals surface area contributed by atoms with Gasteiger partial charge >= 0.3 is 0 Å². The fourth-order valence-electron chi connectivity index (χ4n) is 7.06. The summed E-state index contributed by atoms with van der Waals surface area (Å²) in [5.41, 5.74) is 2.31. The van der Waals surface area contributed by atoms with Crippen LogP contribution < -0.4 is 9.47 Å². The lowest BCUT2D eigenvalue weighted by Gasteiger charge is -2.54. The molecule has 1 aliphatic carbocycles. The number of aromatic nitrogens is 2. The summed E-state index contributed by atoms with van der Waals surface area (Å²) in [5.74, 6) is 3.67. The second kappa shape index (κ2) is 9.88. The predicted octanol–water partition coefficient (Wildman–Crippen LogP) is 4.11. The quantitative estimate of drug-likeness (QED) is 0.562. The molecule has 36 heavy (non-hydrogen) atoms. The van der Waals surface area contributed by atoms with Crippen molar-refractivity contribution in [1.82, 2.24) is 19.9 Å². The fourth-order valence-corrected chi connectivity index (χ4v) is 7.06. The maximum atomic E-state index is 13.5. The van der Waals surface area contributed by atoms with Crippen molar-refractivity contribution in [1.29, 1.82) is 0 Å². The van der Waals surface area contributed by atoms with Gasteiger partial charge in [-0.15, -0.1) is 0 Å². The summed E-state index contributed by atoms with van der Waals surface area (Å²) in [4.78, 5) is 22.9. The molecule has 192 valence electrons. The van der Waals surface area contributed by atoms with E-state index in [1.807, 2.05) is 18.2 Å². The van der Waals surface area contributed by atoms with Gasteiger partial charge in [-0.3, -0.25) is 9.69 Å². The number of hydrogen-bond acceptors (Lipinski definition) is 7. The summed E-state index contributed by atoms with van der Waals surface area (Å²) in [6.45, 7) is 3.22. The Balaban J connectivity index is 1.13. The van der Waals surface area contributed by atoms with Crippen LogP contribution in [0, 0.1) is 11.8 Å². The minimum Gasteiger partial charge on any atom is -0.493 e. The van der Waals surface area contributed by atoms with Crippen molar-refractivity contribution in [3.8, 4) is 22.9 Å². The van der Waals surface area contributed by atoms with Crippen molar-refractivity contribution in [2.75, 3.05) is 33.9 Å². The molecule has 2 unspecified atom stereocenters. The normalized spacial score (nSPS) is 27.6. The lowest BCUT2D eigenvalue weighted by Crippen LogP contribution is -2.60. The maximum Gasteiger partial charge on any atom is 0.227 e. The molecular weight excluding hydrogens is 456 g/mol. The van der Waals surface area contributed by atoms with Crippen molar-refractivity contribution in [3.63, 3.8) is 0 Å². The minimum absolute atomic E-state index is 0.204. The van der Waals surface area contributed by atoms with E-state index in [9.17, 15) is 4.79 Å². The van der Waals surface area contributed by atoms with E-state index in [0.717, 1.165) is 37.5 Å². The van der Waals surface area contributed by atoms with E-state index in [0.29, 0.717) is 47.9 Å². The summed E-state index contributed by atoms with van der Waals surface area (Å²) in [5, 5.41) is 4.13. The number of aryl methyl sites for hydroxylation is 1. The van der Waals surface area contributed by atoms with Crippen molar-refractivity contribution >= 4 is 5.91 Å². The molecule has 4 heterocycles. The number of carbonyl (C=O) groups is 1. The Labute approximate surface area is 212 Å². The molecule has 2 bridgehead atoms. The number of methoxy groups -OCH3 is 2. The highest BCUT2D eigenvalue weighted by Gasteiger charge is 2.46. The van der Waals surface area contributed by atoms with Gasteiger partial charge in [0.15, 0.2) is 11.5 Å². The largest absolute Gasteiger partial charge is 0.493 e. The zero-order valence-electron chi connectivity index (χ0n) is 21.3. The van der Waals surface area contributed by atoms with E-state index in [-0.39, 0.29) is 11.9 Å². The maximum absolute atomic E-state index is 13.5. The fraction of sp³-hybridized carbons (Fsp3) is 0.607. The van der Waals surface area contributed by atoms with Crippen molar-refractivity contribution in [3.05, 3.63) is 35.7 Å². The van der Waals surface area contributed by atoms with Gasteiger partial charge in [-0.05, 0) is 68.7 Å². The number of nitrogens with zero attached hydrogens (tertiary/aromatic N) is 4. The molecule has 0 saturated carbocycles. The Morgan fingerprint density at radius 2 is 2.03 bits per heavy atom. The standard InChI is InChI=1S/C28H36N4O4/c1-34-23-9-8-19(16-24(23)35-2)28-29-25(36-30-28)10-11-26(33)32-13-5-6-18-14-20-15-21(27(18)32)17-31-12-4-3-7-22(20)31/h8-9,14,16,20-22,27H,3-7,10-13,15,17H2,1-2H3/t20-,21-,22?,27?/m0/s1. The van der Waals surface area contributed by atoms with Crippen LogP contribution in [0.5, 0.6) is 11.5 Å². The molecular formula is C28H36N4O4. The Morgan fingerprint density at radius 1 is 1.14 bits per heavy atom. The van der Waals surface area contributed by atoms with E-state index in [4.69, 9.17) is 14.0 Å². The first kappa shape index (κ1) is 23.5. The molecule has 3 fully saturated rings. The Kier molecular flexibility index (Phi) is 6.46. The average Bonchev–Trinajstić information content (AvgIpc) is 3.40. The van der Waals surface area contributed by atoms with Gasteiger partial charge in [0.25, 0.3) is 0 Å². The molecule has 0 radical (unpaired) electrons. The number of amides is 1. The topological polar surface area (TPSA) is 80.9 Å². The second-order valence-electron chi connectivity index (χ2n) is 10.7. The third-order valence-electron chi connectivity index (χ3n) is 8.64. The van der Waals surface area contributed by atoms with Crippen LogP contribution in [0.2, 0.25) is 0 Å². The van der Waals surface area contributed by atoms with Crippen molar-refractivity contribution < 1.29 is 18.8 Å². The summed E-state index contributed by atoms with van der Waals surface area (Å²) >= 11 is 0. The summed E-state index contributed by atoms with van der Waals surface area (Å²) in [7, 11) is 3.20. The molecule has 6 rings (SSSR count). The number of piperidine rings is 3. The number of hydrogen-bond donors (Lipinski definition) is 0. The minimum atomic E-state index is 0.204. The van der Waals surface area contributed by atoms with E-state index in [2.05, 4.69) is 26.0 Å². The van der Waals surface area contributed by atoms with Gasteiger partial charge in [0.05, 0.1) is 20.3 Å². The third-order valence-corrected chi connectivity index (χ3v) is 8.64. The van der Waals surface area contributed by atoms with Crippen LogP contribution in [-0.2, 0) is 11.2 Å². The molecule has 3 aliphatic heterocycles. The Morgan fingerprint density at radius 3 is 2.89 bits per heavy atom. The van der Waals surface area contributed by atoms with Gasteiger partial charge in [0.2, 0.25) is 17.6 Å². The Hall–Kier alpha value is -2.87. The molecule has 2 aromatic rings. The molecule has 4 aliphatic rings. The van der Waals surface area contributed by atoms with Crippen LogP contribution in [0.1, 0.15) is 50.8 Å². The highest BCUT2D eigenvalue weighted by atomic mass is 16.5. The SMILES string of the molecule is COc1ccc(-c2noc(CCC(=O)N3CCCC4=C[C@H]5C[C@@H](CN6CCCCC56)C43)n2)cc1OC. The molecule has 0 spiro atoms. The predicted molar refractivity (Wildman–Crippen MR) is 135 cm³/mol. The molecule has 1 aromatic heterocycles. The molecule has 1 amide bonds. The molecule has 0 N–H and O–H groups in total. The van der Waals surface area contributed by atoms with E-state index in [1.54, 1.807) is 14.2 Å². The highest BCUT2D eigenvalue weighted by molar-refractivity contribution is 5.77. The van der Waals surface area contributed by atoms with Crippen LogP contribution in [0.3, 0.4) is 0 Å². The number of fused-ring (bicyclic) bond motifs is 6. The van der Waals surface area contributed by atoms with Gasteiger partial charge in [-0.25, -0.2) is 0 Å². The van der Waals surface area contributed by atoms with E-state index < -0.39 is 0 Å². The summed E-state index contributed by atoms with van der Waals surface area (Å²) < 4.78 is 16.2. The van der Waals surface area contributed by atoms with Crippen molar-refractivity contribution in [2.45, 2.75) is 63.5 Å². The summed E-state index contributed by atoms with van der Waals surface area (Å²) in [6.07, 6.45) is 10.9. The molecule has 1 aromatic carbocycles. The lowest BCUT2D eigenvalue weighted by molar-refractivity contribution is -0.136. The van der Waals surface area contributed by atoms with Gasteiger partial charge in [-0.1, -0.05) is 23.2 Å². The molecule has 3 saturated heterocycles. The van der Waals surface area contributed by atoms with Crippen molar-refractivity contribution in [2.24, 2.45) is 11.8 Å². The van der Waals surface area contributed by atoms with Gasteiger partial charge in [-0.2, -0.15) is 4.98 Å². The zero-order chi connectivity index (χ0) is 24.6. The van der Waals surface area contributed by atoms with E-state index >= 15 is 0 Å². The first-order valence-electron chi connectivity index (χ1n) is 13.4. The van der Waals surface area contributed by atoms with Gasteiger partial charge in [0, 0.05) is 37.5 Å². The Bertz CT molecular complexity index is 1140. The number of rotatable bonds is 6. The number of carbonyl (C=O) groups excluding carboxylic acids is 1. The number of benzene rings is 1. The van der Waals surface area contributed by atoms with Crippen LogP contribution in [-0.4, -0.2) is 71.8 Å². The van der Waals surface area contributed by atoms with Gasteiger partial charge in [0.1, 0.15) is 0 Å². The summed E-state index contributed by atoms with van der Waals surface area (Å²) in [6, 6.07) is 6.52. The van der Waals surface area contributed by atoms with Crippen LogP contribution in [0.25, 0.3) is 11.4 Å². The number of ether oxygens (including phenoxy) is 2. The number of likely N-dealkylation sites (tertiary alicyclic amines) is 1. The first-order chi connectivity index (χ1) is 17.6. The zero-order valence-corrected chi connectivity index (χ0v) is 21.3. The highest BCUT2D eigenvalue weighted by Crippen LogP contribution is 2.45. The second-order valence-corrected chi connectivity index (χ2v) is 10.7. The molecule has 8 nitrogen and oxygen atoms in total. The third kappa shape index (κ3) is 4.29. The average molecular weight is 493 g/mol. The van der Waals surface area contributed by atoms with Crippen LogP contribution in [0.4, 0.5) is 0 Å². The monoisotopic (exact) mass is 492 g/mol. The van der Waals surface area contributed by atoms with Crippen LogP contribution in [0.15, 0.2) is 34.4 Å². The first-order valence-corrected chi connectivity index (χ1v) is 13.4. The molecule has 8 heteroatoms. The van der Waals surface area contributed by atoms with E-state index in [1.165, 1.54) is 37.8 Å².